The fourth-order valence-electron chi connectivity index (χ4n) is 2.03. The fraction of sp³-hybridized carbons (Fsp3) is 0.294. The van der Waals surface area contributed by atoms with Crippen molar-refractivity contribution in [1.29, 1.82) is 0 Å². The number of nitrogens with one attached hydrogen (secondary N) is 2. The fourth-order valence-corrected chi connectivity index (χ4v) is 2.67. The molecular formula is C17H22N4OS. The smallest absolute Gasteiger partial charge is 0.261 e. The molecule has 0 radical (unpaired) electrons. The molecule has 1 aromatic heterocycles. The third-order valence-corrected chi connectivity index (χ3v) is 4.12. The van der Waals surface area contributed by atoms with Gasteiger partial charge in [-0.25, -0.2) is 0 Å². The van der Waals surface area contributed by atoms with Crippen LogP contribution in [0.3, 0.4) is 0 Å². The van der Waals surface area contributed by atoms with E-state index in [4.69, 9.17) is 5.73 Å². The lowest BCUT2D eigenvalue weighted by molar-refractivity contribution is 0.0957. The molecule has 1 heterocycles. The Morgan fingerprint density at radius 1 is 1.30 bits per heavy atom. The van der Waals surface area contributed by atoms with E-state index < -0.39 is 0 Å². The van der Waals surface area contributed by atoms with Gasteiger partial charge in [-0.15, -0.1) is 11.3 Å². The van der Waals surface area contributed by atoms with Gasteiger partial charge in [0.15, 0.2) is 5.96 Å². The molecular weight excluding hydrogens is 308 g/mol. The summed E-state index contributed by atoms with van der Waals surface area (Å²) in [6, 6.07) is 11.8. The minimum Gasteiger partial charge on any atom is -0.370 e. The number of nitrogens with zero attached hydrogens (tertiary/aromatic N) is 1. The summed E-state index contributed by atoms with van der Waals surface area (Å²) in [5, 5.41) is 7.83. The molecule has 0 aliphatic rings. The summed E-state index contributed by atoms with van der Waals surface area (Å²) in [6.07, 6.45) is 1.73. The zero-order valence-electron chi connectivity index (χ0n) is 13.2. The van der Waals surface area contributed by atoms with E-state index in [1.807, 2.05) is 29.6 Å². The average molecular weight is 330 g/mol. The minimum atomic E-state index is -0.0357. The van der Waals surface area contributed by atoms with Crippen LogP contribution in [0.4, 0.5) is 5.69 Å². The third kappa shape index (κ3) is 5.75. The number of carbonyl (C=O) groups is 1. The van der Waals surface area contributed by atoms with Crippen molar-refractivity contribution in [1.82, 2.24) is 5.32 Å². The molecule has 5 nitrogen and oxygen atoms in total. The van der Waals surface area contributed by atoms with Gasteiger partial charge >= 0.3 is 0 Å². The van der Waals surface area contributed by atoms with Crippen LogP contribution in [-0.4, -0.2) is 25.0 Å². The number of aryl methyl sites for hydroxylation is 1. The number of benzene rings is 1. The average Bonchev–Trinajstić information content (AvgIpc) is 3.09. The Balaban J connectivity index is 1.69. The lowest BCUT2D eigenvalue weighted by Gasteiger charge is -2.07. The molecule has 1 aromatic carbocycles. The predicted octanol–water partition coefficient (Wildman–Crippen LogP) is 2.86. The summed E-state index contributed by atoms with van der Waals surface area (Å²) in [4.78, 5) is 16.7. The van der Waals surface area contributed by atoms with Crippen LogP contribution >= 0.6 is 11.3 Å². The van der Waals surface area contributed by atoms with Gasteiger partial charge in [0.05, 0.1) is 4.88 Å². The van der Waals surface area contributed by atoms with Gasteiger partial charge in [0.1, 0.15) is 0 Å². The number of aliphatic imine (C=N–C) groups is 1. The second-order valence-electron chi connectivity index (χ2n) is 5.03. The number of anilines is 1. The molecule has 0 fully saturated rings. The van der Waals surface area contributed by atoms with Crippen LogP contribution in [0.25, 0.3) is 0 Å². The molecule has 0 saturated heterocycles. The number of carbonyl (C=O) groups excluding carboxylic acids is 1. The minimum absolute atomic E-state index is 0.0357. The molecule has 4 N–H and O–H groups in total. The van der Waals surface area contributed by atoms with Crippen molar-refractivity contribution in [2.24, 2.45) is 10.7 Å². The first-order valence-electron chi connectivity index (χ1n) is 7.66. The molecule has 2 rings (SSSR count). The first-order chi connectivity index (χ1) is 11.2. The van der Waals surface area contributed by atoms with Gasteiger partial charge in [0, 0.05) is 18.8 Å². The highest BCUT2D eigenvalue weighted by Crippen LogP contribution is 2.10. The van der Waals surface area contributed by atoms with Gasteiger partial charge in [-0.05, 0) is 42.0 Å². The van der Waals surface area contributed by atoms with E-state index in [0.29, 0.717) is 19.0 Å². The van der Waals surface area contributed by atoms with Gasteiger partial charge in [0.25, 0.3) is 5.91 Å². The number of nitrogens with two attached hydrogens (primary N) is 1. The van der Waals surface area contributed by atoms with Gasteiger partial charge < -0.3 is 16.4 Å². The van der Waals surface area contributed by atoms with E-state index in [9.17, 15) is 4.79 Å². The monoisotopic (exact) mass is 330 g/mol. The molecule has 0 aliphatic heterocycles. The quantitative estimate of drug-likeness (QED) is 0.415. The van der Waals surface area contributed by atoms with Crippen molar-refractivity contribution < 1.29 is 4.79 Å². The van der Waals surface area contributed by atoms with Crippen LogP contribution in [0.5, 0.6) is 0 Å². The van der Waals surface area contributed by atoms with Crippen molar-refractivity contribution in [2.75, 3.05) is 18.4 Å². The number of thiophene rings is 1. The van der Waals surface area contributed by atoms with E-state index in [1.54, 1.807) is 0 Å². The zero-order valence-corrected chi connectivity index (χ0v) is 14.0. The van der Waals surface area contributed by atoms with Crippen LogP contribution < -0.4 is 16.4 Å². The Bertz CT molecular complexity index is 652. The van der Waals surface area contributed by atoms with Crippen LogP contribution in [0.15, 0.2) is 46.8 Å². The molecule has 0 spiro atoms. The highest BCUT2D eigenvalue weighted by Gasteiger charge is 2.04. The third-order valence-electron chi connectivity index (χ3n) is 3.26. The summed E-state index contributed by atoms with van der Waals surface area (Å²) in [7, 11) is 0. The Kier molecular flexibility index (Phi) is 6.62. The van der Waals surface area contributed by atoms with Crippen molar-refractivity contribution in [3.63, 3.8) is 0 Å². The normalized spacial score (nSPS) is 11.3. The van der Waals surface area contributed by atoms with Gasteiger partial charge in [-0.2, -0.15) is 0 Å². The van der Waals surface area contributed by atoms with E-state index >= 15 is 0 Å². The van der Waals surface area contributed by atoms with Crippen molar-refractivity contribution in [2.45, 2.75) is 19.8 Å². The number of hydrogen-bond donors (Lipinski definition) is 3. The molecule has 0 unspecified atom stereocenters. The first kappa shape index (κ1) is 17.0. The first-order valence-corrected chi connectivity index (χ1v) is 8.54. The van der Waals surface area contributed by atoms with Crippen LogP contribution in [0, 0.1) is 0 Å². The summed E-state index contributed by atoms with van der Waals surface area (Å²) in [5.74, 6) is 0.356. The summed E-state index contributed by atoms with van der Waals surface area (Å²) in [5.41, 5.74) is 8.06. The maximum absolute atomic E-state index is 11.7. The Labute approximate surface area is 140 Å². The maximum atomic E-state index is 11.7. The molecule has 0 aliphatic carbocycles. The molecule has 23 heavy (non-hydrogen) atoms. The van der Waals surface area contributed by atoms with Crippen LogP contribution in [0.2, 0.25) is 0 Å². The van der Waals surface area contributed by atoms with Gasteiger partial charge in [-0.3, -0.25) is 9.79 Å². The number of guanidine groups is 1. The zero-order chi connectivity index (χ0) is 16.5. The summed E-state index contributed by atoms with van der Waals surface area (Å²) >= 11 is 1.43. The topological polar surface area (TPSA) is 79.5 Å². The van der Waals surface area contributed by atoms with E-state index in [1.165, 1.54) is 16.9 Å². The molecule has 0 atom stereocenters. The number of hydrogen-bond acceptors (Lipinski definition) is 3. The van der Waals surface area contributed by atoms with E-state index in [-0.39, 0.29) is 5.91 Å². The van der Waals surface area contributed by atoms with Gasteiger partial charge in [-0.1, -0.05) is 25.1 Å². The van der Waals surface area contributed by atoms with Crippen molar-refractivity contribution >= 4 is 28.9 Å². The molecule has 0 saturated carbocycles. The Morgan fingerprint density at radius 3 is 2.91 bits per heavy atom. The molecule has 0 bridgehead atoms. The SMILES string of the molecule is CCc1cccc(NC(N)=NCCCNC(=O)c2cccs2)c1. The number of amides is 1. The van der Waals surface area contributed by atoms with Crippen LogP contribution in [-0.2, 0) is 6.42 Å². The highest BCUT2D eigenvalue weighted by molar-refractivity contribution is 7.12. The molecule has 2 aromatic rings. The van der Waals surface area contributed by atoms with Crippen molar-refractivity contribution in [3.8, 4) is 0 Å². The molecule has 6 heteroatoms. The van der Waals surface area contributed by atoms with Crippen molar-refractivity contribution in [3.05, 3.63) is 52.2 Å². The maximum Gasteiger partial charge on any atom is 0.261 e. The summed E-state index contributed by atoms with van der Waals surface area (Å²) in [6.45, 7) is 3.26. The van der Waals surface area contributed by atoms with Gasteiger partial charge in [0.2, 0.25) is 0 Å². The second kappa shape index (κ2) is 8.95. The van der Waals surface area contributed by atoms with Crippen LogP contribution in [0.1, 0.15) is 28.6 Å². The lowest BCUT2D eigenvalue weighted by Crippen LogP contribution is -2.25. The Hall–Kier alpha value is -2.34. The standard InChI is InChI=1S/C17H22N4OS/c1-2-13-6-3-7-14(12-13)21-17(18)20-10-5-9-19-16(22)15-8-4-11-23-15/h3-4,6-8,11-12H,2,5,9-10H2,1H3,(H,19,22)(H3,18,20,21). The van der Waals surface area contributed by atoms with E-state index in [0.717, 1.165) is 23.4 Å². The number of rotatable bonds is 7. The molecule has 1 amide bonds. The Morgan fingerprint density at radius 2 is 2.17 bits per heavy atom. The van der Waals surface area contributed by atoms with E-state index in [2.05, 4.69) is 34.7 Å². The second-order valence-corrected chi connectivity index (χ2v) is 5.98. The predicted molar refractivity (Wildman–Crippen MR) is 97.2 cm³/mol. The summed E-state index contributed by atoms with van der Waals surface area (Å²) < 4.78 is 0. The highest BCUT2D eigenvalue weighted by atomic mass is 32.1. The largest absolute Gasteiger partial charge is 0.370 e. The lowest BCUT2D eigenvalue weighted by atomic mass is 10.1. The molecule has 122 valence electrons.